The first-order valence-electron chi connectivity index (χ1n) is 4.85. The molecule has 18 heavy (non-hydrogen) atoms. The van der Waals surface area contributed by atoms with E-state index >= 15 is 0 Å². The van der Waals surface area contributed by atoms with E-state index < -0.39 is 23.2 Å². The smallest absolute Gasteiger partial charge is 0.201 e. The topological polar surface area (TPSA) is 35.2 Å². The Balaban J connectivity index is 2.40. The quantitative estimate of drug-likeness (QED) is 0.664. The van der Waals surface area contributed by atoms with Crippen molar-refractivity contribution in [3.8, 4) is 11.5 Å². The Kier molecular flexibility index (Phi) is 3.47. The average Bonchev–Trinajstić information content (AvgIpc) is 2.29. The molecule has 0 saturated carbocycles. The number of nitrogen functional groups attached to an aromatic ring is 1. The summed E-state index contributed by atoms with van der Waals surface area (Å²) in [5, 5.41) is 0. The van der Waals surface area contributed by atoms with Crippen molar-refractivity contribution in [2.45, 2.75) is 0 Å². The summed E-state index contributed by atoms with van der Waals surface area (Å²) < 4.78 is 45.2. The van der Waals surface area contributed by atoms with Gasteiger partial charge < -0.3 is 10.5 Å². The van der Waals surface area contributed by atoms with Gasteiger partial charge in [-0.15, -0.1) is 0 Å². The van der Waals surface area contributed by atoms with E-state index in [1.807, 2.05) is 0 Å². The molecule has 0 heterocycles. The highest BCUT2D eigenvalue weighted by Crippen LogP contribution is 2.31. The van der Waals surface area contributed by atoms with Crippen LogP contribution in [0.4, 0.5) is 18.9 Å². The fourth-order valence-electron chi connectivity index (χ4n) is 1.32. The van der Waals surface area contributed by atoms with E-state index in [4.69, 9.17) is 10.5 Å². The zero-order chi connectivity index (χ0) is 13.3. The summed E-state index contributed by atoms with van der Waals surface area (Å²) in [5.74, 6) is -3.68. The van der Waals surface area contributed by atoms with Crippen molar-refractivity contribution in [2.75, 3.05) is 5.73 Å². The second-order valence-electron chi connectivity index (χ2n) is 3.49. The van der Waals surface area contributed by atoms with Gasteiger partial charge in [-0.25, -0.2) is 8.78 Å². The summed E-state index contributed by atoms with van der Waals surface area (Å²) >= 11 is 2.99. The third kappa shape index (κ3) is 2.59. The third-order valence-corrected chi connectivity index (χ3v) is 2.59. The molecule has 0 fully saturated rings. The molecule has 0 saturated heterocycles. The molecule has 2 aromatic carbocycles. The number of nitrogens with two attached hydrogens (primary N) is 1. The van der Waals surface area contributed by atoms with Crippen LogP contribution in [0.15, 0.2) is 34.8 Å². The number of hydrogen-bond donors (Lipinski definition) is 1. The Labute approximate surface area is 109 Å². The molecular formula is C12H7BrF3NO. The van der Waals surface area contributed by atoms with Gasteiger partial charge in [0.1, 0.15) is 0 Å². The lowest BCUT2D eigenvalue weighted by molar-refractivity contribution is 0.396. The molecule has 0 aliphatic heterocycles. The highest BCUT2D eigenvalue weighted by atomic mass is 79.9. The van der Waals surface area contributed by atoms with Gasteiger partial charge in [0.15, 0.2) is 23.1 Å². The zero-order valence-electron chi connectivity index (χ0n) is 8.88. The normalized spacial score (nSPS) is 10.4. The molecule has 0 spiro atoms. The monoisotopic (exact) mass is 317 g/mol. The molecule has 2 aromatic rings. The fourth-order valence-corrected chi connectivity index (χ4v) is 1.73. The van der Waals surface area contributed by atoms with Gasteiger partial charge >= 0.3 is 0 Å². The minimum Gasteiger partial charge on any atom is -0.451 e. The van der Waals surface area contributed by atoms with Crippen molar-refractivity contribution in [1.29, 1.82) is 0 Å². The molecule has 2 rings (SSSR count). The second-order valence-corrected chi connectivity index (χ2v) is 4.41. The molecule has 0 aliphatic rings. The van der Waals surface area contributed by atoms with Crippen molar-refractivity contribution in [3.05, 3.63) is 52.3 Å². The molecule has 0 aromatic heterocycles. The van der Waals surface area contributed by atoms with Crippen LogP contribution in [0.1, 0.15) is 0 Å². The first-order valence-corrected chi connectivity index (χ1v) is 5.64. The van der Waals surface area contributed by atoms with Crippen LogP contribution in [-0.4, -0.2) is 0 Å². The Morgan fingerprint density at radius 2 is 1.67 bits per heavy atom. The first-order chi connectivity index (χ1) is 8.47. The van der Waals surface area contributed by atoms with Crippen LogP contribution in [0.3, 0.4) is 0 Å². The molecule has 94 valence electrons. The van der Waals surface area contributed by atoms with Crippen molar-refractivity contribution in [1.82, 2.24) is 0 Å². The third-order valence-electron chi connectivity index (χ3n) is 2.14. The number of benzene rings is 2. The molecule has 0 radical (unpaired) electrons. The second kappa shape index (κ2) is 4.89. The van der Waals surface area contributed by atoms with Gasteiger partial charge in [-0.1, -0.05) is 15.9 Å². The van der Waals surface area contributed by atoms with E-state index in [0.717, 1.165) is 12.1 Å². The van der Waals surface area contributed by atoms with Crippen molar-refractivity contribution in [2.24, 2.45) is 0 Å². The Morgan fingerprint density at radius 1 is 0.944 bits per heavy atom. The van der Waals surface area contributed by atoms with Crippen LogP contribution < -0.4 is 10.5 Å². The van der Waals surface area contributed by atoms with Gasteiger partial charge in [-0.2, -0.15) is 4.39 Å². The number of anilines is 1. The Hall–Kier alpha value is -1.69. The van der Waals surface area contributed by atoms with E-state index in [1.54, 1.807) is 0 Å². The van der Waals surface area contributed by atoms with Crippen LogP contribution in [0.25, 0.3) is 0 Å². The highest BCUT2D eigenvalue weighted by molar-refractivity contribution is 9.10. The lowest BCUT2D eigenvalue weighted by Crippen LogP contribution is -1.95. The van der Waals surface area contributed by atoms with Crippen LogP contribution in [0, 0.1) is 17.5 Å². The van der Waals surface area contributed by atoms with Gasteiger partial charge in [0.2, 0.25) is 5.82 Å². The van der Waals surface area contributed by atoms with E-state index in [1.165, 1.54) is 18.2 Å². The van der Waals surface area contributed by atoms with Gasteiger partial charge in [0.25, 0.3) is 0 Å². The summed E-state index contributed by atoms with van der Waals surface area (Å²) in [6.07, 6.45) is 0. The molecular weight excluding hydrogens is 311 g/mol. The van der Waals surface area contributed by atoms with Gasteiger partial charge in [0, 0.05) is 16.2 Å². The minimum absolute atomic E-state index is 0.209. The molecule has 0 atom stereocenters. The zero-order valence-corrected chi connectivity index (χ0v) is 10.5. The largest absolute Gasteiger partial charge is 0.451 e. The summed E-state index contributed by atoms with van der Waals surface area (Å²) in [4.78, 5) is 0. The summed E-state index contributed by atoms with van der Waals surface area (Å²) in [7, 11) is 0. The van der Waals surface area contributed by atoms with Gasteiger partial charge in [-0.3, -0.25) is 0 Å². The van der Waals surface area contributed by atoms with Crippen molar-refractivity contribution >= 4 is 21.6 Å². The Bertz CT molecular complexity index is 604. The van der Waals surface area contributed by atoms with Crippen LogP contribution >= 0.6 is 15.9 Å². The molecule has 0 unspecified atom stereocenters. The fraction of sp³-hybridized carbons (Fsp3) is 0. The van der Waals surface area contributed by atoms with Crippen LogP contribution in [0.5, 0.6) is 11.5 Å². The Morgan fingerprint density at radius 3 is 2.33 bits per heavy atom. The summed E-state index contributed by atoms with van der Waals surface area (Å²) in [5.41, 5.74) is 5.57. The van der Waals surface area contributed by atoms with Crippen LogP contribution in [-0.2, 0) is 0 Å². The van der Waals surface area contributed by atoms with E-state index in [9.17, 15) is 13.2 Å². The predicted octanol–water partition coefficient (Wildman–Crippen LogP) is 4.24. The van der Waals surface area contributed by atoms with E-state index in [-0.39, 0.29) is 15.9 Å². The molecule has 0 bridgehead atoms. The maximum Gasteiger partial charge on any atom is 0.201 e. The molecule has 0 aliphatic carbocycles. The number of ether oxygens (including phenoxy) is 1. The molecule has 2 N–H and O–H groups in total. The van der Waals surface area contributed by atoms with Crippen LogP contribution in [0.2, 0.25) is 0 Å². The van der Waals surface area contributed by atoms with E-state index in [2.05, 4.69) is 15.9 Å². The average molecular weight is 318 g/mol. The number of rotatable bonds is 2. The standard InChI is InChI=1S/C12H7BrF3NO/c13-6-3-9(15)12(16)11(4-6)18-10-2-1-7(17)5-8(10)14/h1-5H,17H2. The summed E-state index contributed by atoms with van der Waals surface area (Å²) in [6, 6.07) is 5.81. The van der Waals surface area contributed by atoms with Crippen molar-refractivity contribution < 1.29 is 17.9 Å². The first kappa shape index (κ1) is 12.8. The number of hydrogen-bond acceptors (Lipinski definition) is 2. The maximum absolute atomic E-state index is 13.4. The maximum atomic E-state index is 13.4. The van der Waals surface area contributed by atoms with E-state index in [0.29, 0.717) is 0 Å². The van der Waals surface area contributed by atoms with Crippen molar-refractivity contribution in [3.63, 3.8) is 0 Å². The lowest BCUT2D eigenvalue weighted by atomic mass is 10.3. The lowest BCUT2D eigenvalue weighted by Gasteiger charge is -2.09. The predicted molar refractivity (Wildman–Crippen MR) is 64.9 cm³/mol. The van der Waals surface area contributed by atoms with Gasteiger partial charge in [-0.05, 0) is 24.3 Å². The summed E-state index contributed by atoms with van der Waals surface area (Å²) in [6.45, 7) is 0. The molecule has 0 amide bonds. The molecule has 2 nitrogen and oxygen atoms in total. The highest BCUT2D eigenvalue weighted by Gasteiger charge is 2.14. The number of halogens is 4. The molecule has 6 heteroatoms. The minimum atomic E-state index is -1.19. The van der Waals surface area contributed by atoms with Gasteiger partial charge in [0.05, 0.1) is 0 Å². The SMILES string of the molecule is Nc1ccc(Oc2cc(Br)cc(F)c2F)c(F)c1.